The van der Waals surface area contributed by atoms with Crippen LogP contribution in [-0.4, -0.2) is 71.4 Å². The number of ether oxygens (including phenoxy) is 1. The van der Waals surface area contributed by atoms with Crippen LogP contribution < -0.4 is 15.6 Å². The van der Waals surface area contributed by atoms with E-state index in [0.717, 1.165) is 12.0 Å². The number of carbonyl (C=O) groups is 2. The molecule has 0 bridgehead atoms. The largest absolute Gasteiger partial charge is 0.489 e. The molecule has 4 heterocycles. The molecule has 6 rings (SSSR count). The fourth-order valence-corrected chi connectivity index (χ4v) is 5.67. The molecule has 1 N–H and O–H groups in total. The molecule has 1 aliphatic heterocycles. The second-order valence-corrected chi connectivity index (χ2v) is 11.9. The molecule has 1 aliphatic rings. The Morgan fingerprint density at radius 3 is 2.61 bits per heavy atom. The molecular weight excluding hydrogens is 608 g/mol. The maximum atomic E-state index is 14.1. The van der Waals surface area contributed by atoms with Gasteiger partial charge in [0.2, 0.25) is 5.91 Å². The minimum absolute atomic E-state index is 0.0582. The minimum atomic E-state index is -0.327. The molecule has 0 radical (unpaired) electrons. The minimum Gasteiger partial charge on any atom is -0.489 e. The van der Waals surface area contributed by atoms with Gasteiger partial charge >= 0.3 is 0 Å². The highest BCUT2D eigenvalue weighted by atomic mass is 35.5. The second kappa shape index (κ2) is 13.6. The molecule has 3 aromatic heterocycles. The van der Waals surface area contributed by atoms with Crippen molar-refractivity contribution in [2.24, 2.45) is 0 Å². The first-order valence-corrected chi connectivity index (χ1v) is 15.4. The van der Waals surface area contributed by atoms with E-state index in [-0.39, 0.29) is 42.4 Å². The van der Waals surface area contributed by atoms with E-state index in [1.165, 1.54) is 21.8 Å². The van der Waals surface area contributed by atoms with Crippen LogP contribution in [0.3, 0.4) is 0 Å². The molecule has 1 amide bonds. The number of carbonyl (C=O) groups excluding carboxylic acids is 2. The summed E-state index contributed by atoms with van der Waals surface area (Å²) in [5, 5.41) is 12.2. The van der Waals surface area contributed by atoms with Crippen LogP contribution in [0.4, 0.5) is 0 Å². The van der Waals surface area contributed by atoms with E-state index < -0.39 is 0 Å². The van der Waals surface area contributed by atoms with Gasteiger partial charge in [0.1, 0.15) is 18.1 Å². The third-order valence-electron chi connectivity index (χ3n) is 7.63. The van der Waals surface area contributed by atoms with Crippen molar-refractivity contribution in [1.82, 2.24) is 39.7 Å². The molecule has 1 fully saturated rings. The summed E-state index contributed by atoms with van der Waals surface area (Å²) in [4.78, 5) is 52.8. The Balaban J connectivity index is 1.30. The van der Waals surface area contributed by atoms with Crippen molar-refractivity contribution in [2.45, 2.75) is 51.9 Å². The van der Waals surface area contributed by atoms with E-state index in [1.54, 1.807) is 48.7 Å². The zero-order valence-electron chi connectivity index (χ0n) is 25.5. The van der Waals surface area contributed by atoms with Crippen molar-refractivity contribution in [1.29, 1.82) is 0 Å². The molecule has 0 aliphatic carbocycles. The summed E-state index contributed by atoms with van der Waals surface area (Å²) in [5.41, 5.74) is 1.66. The monoisotopic (exact) mass is 640 g/mol. The Morgan fingerprint density at radius 2 is 1.85 bits per heavy atom. The maximum absolute atomic E-state index is 14.1. The molecule has 12 nitrogen and oxygen atoms in total. The lowest BCUT2D eigenvalue weighted by atomic mass is 10.1. The molecule has 2 aromatic carbocycles. The third-order valence-corrected chi connectivity index (χ3v) is 7.88. The number of nitrogens with one attached hydrogen (secondary N) is 1. The summed E-state index contributed by atoms with van der Waals surface area (Å²) >= 11 is 5.97. The van der Waals surface area contributed by atoms with Crippen molar-refractivity contribution in [2.75, 3.05) is 13.1 Å². The van der Waals surface area contributed by atoms with Gasteiger partial charge in [-0.25, -0.2) is 9.97 Å². The van der Waals surface area contributed by atoms with Gasteiger partial charge in [-0.15, -0.1) is 0 Å². The summed E-state index contributed by atoms with van der Waals surface area (Å²) in [6.45, 7) is 5.30. The number of benzene rings is 2. The normalized spacial score (nSPS) is 15.0. The molecule has 46 heavy (non-hydrogen) atoms. The third kappa shape index (κ3) is 7.13. The van der Waals surface area contributed by atoms with Crippen LogP contribution in [0.5, 0.6) is 5.75 Å². The first-order valence-electron chi connectivity index (χ1n) is 15.0. The van der Waals surface area contributed by atoms with Gasteiger partial charge in [-0.05, 0) is 68.3 Å². The molecule has 13 heteroatoms. The van der Waals surface area contributed by atoms with E-state index in [1.807, 2.05) is 26.0 Å². The summed E-state index contributed by atoms with van der Waals surface area (Å²) < 4.78 is 7.65. The summed E-state index contributed by atoms with van der Waals surface area (Å²) in [6.07, 6.45) is 5.42. The Bertz CT molecular complexity index is 1930. The number of hydrogen-bond acceptors (Lipinski definition) is 9. The van der Waals surface area contributed by atoms with E-state index in [2.05, 4.69) is 25.4 Å². The Hall–Kier alpha value is -4.94. The van der Waals surface area contributed by atoms with Gasteiger partial charge in [0.05, 0.1) is 42.5 Å². The van der Waals surface area contributed by atoms with Crippen LogP contribution in [0.15, 0.2) is 78.0 Å². The molecule has 0 spiro atoms. The van der Waals surface area contributed by atoms with Gasteiger partial charge in [-0.2, -0.15) is 15.0 Å². The van der Waals surface area contributed by atoms with Crippen molar-refractivity contribution in [3.8, 4) is 11.4 Å². The number of pyridine rings is 1. The van der Waals surface area contributed by atoms with Crippen LogP contribution in [-0.2, 0) is 24.3 Å². The van der Waals surface area contributed by atoms with Gasteiger partial charge in [0.15, 0.2) is 11.4 Å². The number of hydrogen-bond donors (Lipinski definition) is 1. The number of likely N-dealkylation sites (tertiary alicyclic amines) is 1. The second-order valence-electron chi connectivity index (χ2n) is 11.5. The van der Waals surface area contributed by atoms with E-state index in [9.17, 15) is 14.4 Å². The first kappa shape index (κ1) is 31.1. The van der Waals surface area contributed by atoms with Gasteiger partial charge in [0, 0.05) is 35.9 Å². The highest BCUT2D eigenvalue weighted by Gasteiger charge is 2.27. The Morgan fingerprint density at radius 1 is 1.07 bits per heavy atom. The highest BCUT2D eigenvalue weighted by molar-refractivity contribution is 6.30. The fourth-order valence-electron chi connectivity index (χ4n) is 5.54. The Labute approximate surface area is 270 Å². The van der Waals surface area contributed by atoms with Crippen LogP contribution in [0, 0.1) is 0 Å². The summed E-state index contributed by atoms with van der Waals surface area (Å²) in [5.74, 6) is 0.582. The van der Waals surface area contributed by atoms with Crippen molar-refractivity contribution in [3.63, 3.8) is 0 Å². The summed E-state index contributed by atoms with van der Waals surface area (Å²) in [7, 11) is 0. The van der Waals surface area contributed by atoms with Gasteiger partial charge < -0.3 is 10.1 Å². The quantitative estimate of drug-likeness (QED) is 0.215. The topological polar surface area (TPSA) is 137 Å². The smallest absolute Gasteiger partial charge is 0.267 e. The number of amides is 1. The number of Topliss-reactive ketones (excluding diaryl/α,β-unsaturated/α-hetero) is 1. The lowest BCUT2D eigenvalue weighted by molar-refractivity contribution is -0.121. The average Bonchev–Trinajstić information content (AvgIpc) is 3.71. The van der Waals surface area contributed by atoms with Gasteiger partial charge in [0.25, 0.3) is 5.56 Å². The van der Waals surface area contributed by atoms with Crippen LogP contribution in [0.1, 0.15) is 42.0 Å². The van der Waals surface area contributed by atoms with Crippen LogP contribution in [0.25, 0.3) is 16.7 Å². The van der Waals surface area contributed by atoms with E-state index >= 15 is 0 Å². The Kier molecular flexibility index (Phi) is 9.18. The van der Waals surface area contributed by atoms with Gasteiger partial charge in [-0.3, -0.25) is 23.9 Å². The lowest BCUT2D eigenvalue weighted by Crippen LogP contribution is -2.38. The number of rotatable bonds is 11. The SMILES string of the molecule is CC(C)Oc1ccc(C(=O)Cn2nccn2)cc1-n1c(CN2CCC(NC(=O)Cc3ccc(Cl)cc3)C2)nc2ncccc2c1=O. The highest BCUT2D eigenvalue weighted by Crippen LogP contribution is 2.27. The molecule has 1 unspecified atom stereocenters. The maximum Gasteiger partial charge on any atom is 0.267 e. The average molecular weight is 641 g/mol. The van der Waals surface area contributed by atoms with Crippen molar-refractivity contribution < 1.29 is 14.3 Å². The van der Waals surface area contributed by atoms with Gasteiger partial charge in [-0.1, -0.05) is 23.7 Å². The lowest BCUT2D eigenvalue weighted by Gasteiger charge is -2.22. The first-order chi connectivity index (χ1) is 22.2. The van der Waals surface area contributed by atoms with E-state index in [0.29, 0.717) is 58.5 Å². The molecule has 0 saturated carbocycles. The number of nitrogens with zero attached hydrogens (tertiary/aromatic N) is 7. The molecule has 236 valence electrons. The van der Waals surface area contributed by atoms with Crippen LogP contribution >= 0.6 is 11.6 Å². The summed E-state index contributed by atoms with van der Waals surface area (Å²) in [6, 6.07) is 15.6. The number of halogens is 1. The zero-order chi connectivity index (χ0) is 32.2. The predicted octanol–water partition coefficient (Wildman–Crippen LogP) is 3.63. The number of aromatic nitrogens is 6. The van der Waals surface area contributed by atoms with Crippen molar-refractivity contribution >= 4 is 34.3 Å². The van der Waals surface area contributed by atoms with Crippen molar-refractivity contribution in [3.05, 3.63) is 106 Å². The zero-order valence-corrected chi connectivity index (χ0v) is 26.2. The molecule has 5 aromatic rings. The standard InChI is InChI=1S/C33H33ClN8O4/c1-21(2)46-29-10-7-23(28(43)19-41-36-13-14-37-41)17-27(29)42-30(39-32-26(33(42)45)4-3-12-35-32)20-40-15-11-25(18-40)38-31(44)16-22-5-8-24(34)9-6-22/h3-10,12-14,17,21,25H,11,15-16,18-20H2,1-2H3,(H,38,44). The molecule has 1 saturated heterocycles. The number of ketones is 1. The number of fused-ring (bicyclic) bond motifs is 1. The fraction of sp³-hybridized carbons (Fsp3) is 0.303. The van der Waals surface area contributed by atoms with E-state index in [4.69, 9.17) is 21.3 Å². The molecular formula is C33H33ClN8O4. The van der Waals surface area contributed by atoms with Crippen LogP contribution in [0.2, 0.25) is 5.02 Å². The predicted molar refractivity (Wildman–Crippen MR) is 172 cm³/mol. The molecule has 1 atom stereocenters.